The van der Waals surface area contributed by atoms with Gasteiger partial charge in [-0.3, -0.25) is 24.4 Å². The summed E-state index contributed by atoms with van der Waals surface area (Å²) >= 11 is 5.06. The van der Waals surface area contributed by atoms with Gasteiger partial charge in [0.1, 0.15) is 11.9 Å². The molecule has 7 heteroatoms. The van der Waals surface area contributed by atoms with Crippen LogP contribution in [0, 0.1) is 0 Å². The van der Waals surface area contributed by atoms with Crippen molar-refractivity contribution in [3.8, 4) is 5.69 Å². The summed E-state index contributed by atoms with van der Waals surface area (Å²) in [7, 11) is 0. The average molecular weight is 388 g/mol. The summed E-state index contributed by atoms with van der Waals surface area (Å²) < 4.78 is 1.98. The van der Waals surface area contributed by atoms with Crippen molar-refractivity contribution in [1.29, 1.82) is 0 Å². The summed E-state index contributed by atoms with van der Waals surface area (Å²) in [6.45, 7) is 3.85. The number of carbonyl (C=O) groups is 2. The highest BCUT2D eigenvalue weighted by atomic mass is 32.1. The molecule has 0 radical (unpaired) electrons. The maximum Gasteiger partial charge on any atom is 0.265 e. The Labute approximate surface area is 166 Å². The molecule has 1 aliphatic heterocycles. The minimum absolute atomic E-state index is 0.0382. The molecular formula is C21H16N4O2S. The highest BCUT2D eigenvalue weighted by Gasteiger charge is 2.32. The zero-order valence-corrected chi connectivity index (χ0v) is 15.6. The lowest BCUT2D eigenvalue weighted by Gasteiger charge is -2.27. The number of amides is 2. The predicted octanol–water partition coefficient (Wildman–Crippen LogP) is 2.84. The first-order valence-electron chi connectivity index (χ1n) is 8.61. The van der Waals surface area contributed by atoms with Crippen molar-refractivity contribution in [1.82, 2.24) is 19.8 Å². The fourth-order valence-electron chi connectivity index (χ4n) is 3.05. The Hall–Kier alpha value is -3.58. The maximum absolute atomic E-state index is 12.6. The van der Waals surface area contributed by atoms with Crippen LogP contribution in [0.1, 0.15) is 5.56 Å². The summed E-state index contributed by atoms with van der Waals surface area (Å²) in [5, 5.41) is 2.63. The Morgan fingerprint density at radius 3 is 2.61 bits per heavy atom. The number of rotatable bonds is 4. The first-order valence-corrected chi connectivity index (χ1v) is 9.01. The van der Waals surface area contributed by atoms with Gasteiger partial charge < -0.3 is 0 Å². The van der Waals surface area contributed by atoms with Crippen molar-refractivity contribution in [3.05, 3.63) is 78.6 Å². The highest BCUT2D eigenvalue weighted by Crippen LogP contribution is 2.20. The number of aromatic nitrogens is 2. The normalized spacial score (nSPS) is 15.9. The van der Waals surface area contributed by atoms with Gasteiger partial charge in [-0.15, -0.1) is 6.58 Å². The molecule has 0 bridgehead atoms. The molecule has 1 saturated heterocycles. The second kappa shape index (κ2) is 7.21. The quantitative estimate of drug-likeness (QED) is 0.323. The fourth-order valence-corrected chi connectivity index (χ4v) is 3.30. The molecule has 0 unspecified atom stereocenters. The highest BCUT2D eigenvalue weighted by molar-refractivity contribution is 7.80. The van der Waals surface area contributed by atoms with Crippen LogP contribution in [-0.4, -0.2) is 37.9 Å². The Balaban J connectivity index is 1.65. The van der Waals surface area contributed by atoms with Gasteiger partial charge in [-0.1, -0.05) is 30.3 Å². The molecule has 2 aromatic carbocycles. The first kappa shape index (κ1) is 17.8. The topological polar surface area (TPSA) is 67.2 Å². The van der Waals surface area contributed by atoms with Gasteiger partial charge in [-0.2, -0.15) is 0 Å². The van der Waals surface area contributed by atoms with E-state index in [2.05, 4.69) is 16.9 Å². The van der Waals surface area contributed by atoms with Crippen LogP contribution in [0.25, 0.3) is 22.8 Å². The Morgan fingerprint density at radius 1 is 1.11 bits per heavy atom. The Bertz CT molecular complexity index is 1140. The van der Waals surface area contributed by atoms with E-state index in [4.69, 9.17) is 12.2 Å². The van der Waals surface area contributed by atoms with E-state index in [0.717, 1.165) is 22.3 Å². The van der Waals surface area contributed by atoms with Crippen molar-refractivity contribution in [2.75, 3.05) is 6.54 Å². The summed E-state index contributed by atoms with van der Waals surface area (Å²) in [4.78, 5) is 30.5. The number of imidazole rings is 1. The molecule has 0 atom stereocenters. The molecule has 4 rings (SSSR count). The average Bonchev–Trinajstić information content (AvgIpc) is 3.13. The van der Waals surface area contributed by atoms with Crippen molar-refractivity contribution >= 4 is 46.3 Å². The lowest BCUT2D eigenvalue weighted by Crippen LogP contribution is -2.53. The third-order valence-electron chi connectivity index (χ3n) is 4.43. The number of benzene rings is 2. The minimum Gasteiger partial charge on any atom is -0.299 e. The van der Waals surface area contributed by atoms with Gasteiger partial charge in [0, 0.05) is 12.2 Å². The minimum atomic E-state index is -0.500. The smallest absolute Gasteiger partial charge is 0.265 e. The lowest BCUT2D eigenvalue weighted by molar-refractivity contribution is -0.128. The van der Waals surface area contributed by atoms with E-state index in [1.165, 1.54) is 4.90 Å². The second-order valence-corrected chi connectivity index (χ2v) is 6.60. The molecule has 2 heterocycles. The van der Waals surface area contributed by atoms with E-state index in [-0.39, 0.29) is 17.2 Å². The molecule has 28 heavy (non-hydrogen) atoms. The monoisotopic (exact) mass is 388 g/mol. The Morgan fingerprint density at radius 2 is 1.86 bits per heavy atom. The van der Waals surface area contributed by atoms with Crippen molar-refractivity contribution in [2.45, 2.75) is 0 Å². The molecule has 0 saturated carbocycles. The van der Waals surface area contributed by atoms with Crippen LogP contribution in [0.4, 0.5) is 0 Å². The number of thiocarbonyl (C=S) groups is 1. The zero-order chi connectivity index (χ0) is 19.7. The molecule has 1 aliphatic rings. The molecule has 1 aromatic heterocycles. The number of hydrogen-bond donors (Lipinski definition) is 1. The zero-order valence-electron chi connectivity index (χ0n) is 14.8. The molecular weight excluding hydrogens is 372 g/mol. The van der Waals surface area contributed by atoms with Crippen molar-refractivity contribution < 1.29 is 9.59 Å². The summed E-state index contributed by atoms with van der Waals surface area (Å²) in [6, 6.07) is 15.4. The van der Waals surface area contributed by atoms with Crippen LogP contribution in [0.5, 0.6) is 0 Å². The maximum atomic E-state index is 12.6. The van der Waals surface area contributed by atoms with Gasteiger partial charge >= 0.3 is 0 Å². The predicted molar refractivity (Wildman–Crippen MR) is 112 cm³/mol. The van der Waals surface area contributed by atoms with Gasteiger partial charge in [-0.25, -0.2) is 4.98 Å². The van der Waals surface area contributed by atoms with Gasteiger partial charge in [0.25, 0.3) is 11.8 Å². The van der Waals surface area contributed by atoms with E-state index in [1.54, 1.807) is 18.5 Å². The molecule has 0 spiro atoms. The van der Waals surface area contributed by atoms with Crippen molar-refractivity contribution in [3.63, 3.8) is 0 Å². The SMILES string of the molecule is C=CCN1C(=O)C(=Cc2ccc(-n3cnc4ccccc43)cc2)C(=O)NC1=S. The summed E-state index contributed by atoms with van der Waals surface area (Å²) in [5.41, 5.74) is 3.62. The van der Waals surface area contributed by atoms with E-state index < -0.39 is 11.8 Å². The number of carbonyl (C=O) groups excluding carboxylic acids is 2. The van der Waals surface area contributed by atoms with Gasteiger partial charge in [0.05, 0.1) is 11.0 Å². The van der Waals surface area contributed by atoms with E-state index in [1.807, 2.05) is 53.1 Å². The molecule has 1 fully saturated rings. The molecule has 1 N–H and O–H groups in total. The number of hydrogen-bond acceptors (Lipinski definition) is 4. The van der Waals surface area contributed by atoms with Crippen LogP contribution in [-0.2, 0) is 9.59 Å². The van der Waals surface area contributed by atoms with E-state index >= 15 is 0 Å². The van der Waals surface area contributed by atoms with E-state index in [9.17, 15) is 9.59 Å². The number of nitrogens with zero attached hydrogens (tertiary/aromatic N) is 3. The van der Waals surface area contributed by atoms with Gasteiger partial charge in [-0.05, 0) is 48.1 Å². The summed E-state index contributed by atoms with van der Waals surface area (Å²) in [6.07, 6.45) is 4.89. The fraction of sp³-hybridized carbons (Fsp3) is 0.0476. The lowest BCUT2D eigenvalue weighted by atomic mass is 10.1. The molecule has 3 aromatic rings. The van der Waals surface area contributed by atoms with Gasteiger partial charge in [0.15, 0.2) is 5.11 Å². The standard InChI is InChI=1S/C21H16N4O2S/c1-2-11-24-20(27)16(19(26)23-21(24)28)12-14-7-9-15(10-8-14)25-13-22-17-5-3-4-6-18(17)25/h2-10,12-13H,1,11H2,(H,23,26,28). The second-order valence-electron chi connectivity index (χ2n) is 6.22. The summed E-state index contributed by atoms with van der Waals surface area (Å²) in [5.74, 6) is -0.932. The molecule has 0 aliphatic carbocycles. The first-order chi connectivity index (χ1) is 13.6. The van der Waals surface area contributed by atoms with Crippen LogP contribution >= 0.6 is 12.2 Å². The van der Waals surface area contributed by atoms with E-state index in [0.29, 0.717) is 0 Å². The number of nitrogens with one attached hydrogen (secondary N) is 1. The Kier molecular flexibility index (Phi) is 4.58. The van der Waals surface area contributed by atoms with Crippen LogP contribution in [0.2, 0.25) is 0 Å². The van der Waals surface area contributed by atoms with Crippen LogP contribution in [0.15, 0.2) is 73.1 Å². The van der Waals surface area contributed by atoms with Gasteiger partial charge in [0.2, 0.25) is 0 Å². The van der Waals surface area contributed by atoms with Crippen molar-refractivity contribution in [2.24, 2.45) is 0 Å². The third kappa shape index (κ3) is 3.12. The number of fused-ring (bicyclic) bond motifs is 1. The van der Waals surface area contributed by atoms with Crippen LogP contribution in [0.3, 0.4) is 0 Å². The molecule has 138 valence electrons. The largest absolute Gasteiger partial charge is 0.299 e. The number of para-hydroxylation sites is 2. The molecule has 2 amide bonds. The van der Waals surface area contributed by atoms with Crippen LogP contribution < -0.4 is 5.32 Å². The molecule has 6 nitrogen and oxygen atoms in total. The third-order valence-corrected chi connectivity index (χ3v) is 4.76.